The number of rotatable bonds is 5. The van der Waals surface area contributed by atoms with Gasteiger partial charge in [-0.1, -0.05) is 18.0 Å². The lowest BCUT2D eigenvalue weighted by Crippen LogP contribution is -2.18. The molecule has 158 valence electrons. The molecule has 1 heterocycles. The first-order valence-electron chi connectivity index (χ1n) is 9.46. The van der Waals surface area contributed by atoms with Crippen LogP contribution in [0.5, 0.6) is 0 Å². The highest BCUT2D eigenvalue weighted by atomic mass is 35.5. The largest absolute Gasteiger partial charge is 0.454 e. The topological polar surface area (TPSA) is 85.4 Å². The maximum Gasteiger partial charge on any atom is 0.374 e. The van der Waals surface area contributed by atoms with Crippen LogP contribution in [0.1, 0.15) is 32.1 Å². The van der Waals surface area contributed by atoms with Gasteiger partial charge in [-0.2, -0.15) is 0 Å². The normalized spacial score (nSPS) is 15.2. The molecule has 4 rings (SSSR count). The van der Waals surface area contributed by atoms with Gasteiger partial charge in [-0.15, -0.1) is 11.3 Å². The maximum atomic E-state index is 12.7. The van der Waals surface area contributed by atoms with Gasteiger partial charge in [-0.25, -0.2) is 18.2 Å². The third-order valence-electron chi connectivity index (χ3n) is 4.73. The average molecular weight is 483 g/mol. The van der Waals surface area contributed by atoms with Gasteiger partial charge in [-0.3, -0.25) is 4.72 Å². The second-order valence-electron chi connectivity index (χ2n) is 6.95. The van der Waals surface area contributed by atoms with Crippen molar-refractivity contribution in [3.05, 3.63) is 47.5 Å². The molecule has 3 aromatic rings. The Kier molecular flexibility index (Phi) is 6.52. The van der Waals surface area contributed by atoms with Crippen LogP contribution in [0.4, 0.5) is 10.5 Å². The van der Waals surface area contributed by atoms with Crippen LogP contribution in [-0.2, 0) is 14.8 Å². The van der Waals surface area contributed by atoms with Gasteiger partial charge in [0.25, 0.3) is 10.0 Å². The van der Waals surface area contributed by atoms with Crippen LogP contribution in [0.25, 0.3) is 10.2 Å². The number of nitrogens with zero attached hydrogens (tertiary/aromatic N) is 1. The SMILES string of the molecule is O=C(OC1CCCCC1)Sc1nc2cc(S(=O)(=O)Nc3ccc(Cl)cc3)ccc2s1. The zero-order valence-corrected chi connectivity index (χ0v) is 19.0. The molecule has 1 aliphatic carbocycles. The lowest BCUT2D eigenvalue weighted by atomic mass is 9.98. The average Bonchev–Trinajstić information content (AvgIpc) is 3.11. The predicted molar refractivity (Wildman–Crippen MR) is 121 cm³/mol. The van der Waals surface area contributed by atoms with Crippen molar-refractivity contribution >= 4 is 65.9 Å². The van der Waals surface area contributed by atoms with E-state index in [-0.39, 0.29) is 16.3 Å². The Hall–Kier alpha value is -1.81. The minimum absolute atomic E-state index is 0.0104. The zero-order chi connectivity index (χ0) is 21.1. The summed E-state index contributed by atoms with van der Waals surface area (Å²) >= 11 is 8.12. The molecular weight excluding hydrogens is 464 g/mol. The molecule has 0 unspecified atom stereocenters. The second kappa shape index (κ2) is 9.13. The Morgan fingerprint density at radius 2 is 1.87 bits per heavy atom. The Morgan fingerprint density at radius 3 is 2.60 bits per heavy atom. The fraction of sp³-hybridized carbons (Fsp3) is 0.300. The number of sulfonamides is 1. The number of ether oxygens (including phenoxy) is 1. The van der Waals surface area contributed by atoms with E-state index in [9.17, 15) is 13.2 Å². The summed E-state index contributed by atoms with van der Waals surface area (Å²) in [6.45, 7) is 0. The molecular formula is C20H19ClN2O4S3. The van der Waals surface area contributed by atoms with Gasteiger partial charge in [0, 0.05) is 22.5 Å². The Morgan fingerprint density at radius 1 is 1.13 bits per heavy atom. The number of carbonyl (C=O) groups is 1. The number of anilines is 1. The summed E-state index contributed by atoms with van der Waals surface area (Å²) in [6.07, 6.45) is 5.18. The first-order chi connectivity index (χ1) is 14.4. The fourth-order valence-electron chi connectivity index (χ4n) is 3.24. The molecule has 1 saturated carbocycles. The van der Waals surface area contributed by atoms with Gasteiger partial charge >= 0.3 is 5.30 Å². The third-order valence-corrected chi connectivity index (χ3v) is 8.22. The van der Waals surface area contributed by atoms with Crippen LogP contribution < -0.4 is 4.72 Å². The molecule has 0 radical (unpaired) electrons. The lowest BCUT2D eigenvalue weighted by Gasteiger charge is -2.21. The van der Waals surface area contributed by atoms with Gasteiger partial charge in [-0.05, 0) is 68.1 Å². The van der Waals surface area contributed by atoms with Crippen LogP contribution in [0.15, 0.2) is 51.7 Å². The van der Waals surface area contributed by atoms with E-state index >= 15 is 0 Å². The molecule has 0 atom stereocenters. The van der Waals surface area contributed by atoms with Crippen molar-refractivity contribution in [2.45, 2.75) is 47.4 Å². The first-order valence-corrected chi connectivity index (χ1v) is 13.0. The quantitative estimate of drug-likeness (QED) is 0.338. The molecule has 0 spiro atoms. The predicted octanol–water partition coefficient (Wildman–Crippen LogP) is 6.31. The number of halogens is 1. The number of nitrogens with one attached hydrogen (secondary N) is 1. The molecule has 30 heavy (non-hydrogen) atoms. The smallest absolute Gasteiger partial charge is 0.374 e. The van der Waals surface area contributed by atoms with Crippen molar-refractivity contribution in [3.8, 4) is 0 Å². The van der Waals surface area contributed by atoms with E-state index in [2.05, 4.69) is 9.71 Å². The molecule has 2 aromatic carbocycles. The maximum absolute atomic E-state index is 12.7. The molecule has 0 bridgehead atoms. The van der Waals surface area contributed by atoms with Crippen molar-refractivity contribution in [1.82, 2.24) is 4.98 Å². The zero-order valence-electron chi connectivity index (χ0n) is 15.8. The minimum atomic E-state index is -3.78. The molecule has 0 saturated heterocycles. The monoisotopic (exact) mass is 482 g/mol. The van der Waals surface area contributed by atoms with Crippen LogP contribution in [0.3, 0.4) is 0 Å². The van der Waals surface area contributed by atoms with Gasteiger partial charge in [0.1, 0.15) is 6.10 Å². The van der Waals surface area contributed by atoms with Crippen LogP contribution in [0.2, 0.25) is 5.02 Å². The summed E-state index contributed by atoms with van der Waals surface area (Å²) in [6, 6.07) is 11.1. The molecule has 0 aliphatic heterocycles. The summed E-state index contributed by atoms with van der Waals surface area (Å²) in [5.74, 6) is 0. The number of benzene rings is 2. The number of carbonyl (C=O) groups excluding carboxylic acids is 1. The summed E-state index contributed by atoms with van der Waals surface area (Å²) in [5.41, 5.74) is 0.937. The van der Waals surface area contributed by atoms with E-state index in [1.165, 1.54) is 29.9 Å². The van der Waals surface area contributed by atoms with Crippen molar-refractivity contribution in [3.63, 3.8) is 0 Å². The molecule has 1 aromatic heterocycles. The lowest BCUT2D eigenvalue weighted by molar-refractivity contribution is 0.0967. The molecule has 10 heteroatoms. The van der Waals surface area contributed by atoms with E-state index in [1.807, 2.05) is 0 Å². The van der Waals surface area contributed by atoms with Crippen molar-refractivity contribution < 1.29 is 17.9 Å². The number of hydrogen-bond acceptors (Lipinski definition) is 7. The summed E-state index contributed by atoms with van der Waals surface area (Å²) in [4.78, 5) is 16.7. The second-order valence-corrected chi connectivity index (χ2v) is 11.3. The van der Waals surface area contributed by atoms with Crippen LogP contribution in [-0.4, -0.2) is 24.8 Å². The van der Waals surface area contributed by atoms with Crippen molar-refractivity contribution in [2.75, 3.05) is 4.72 Å². The van der Waals surface area contributed by atoms with E-state index in [1.54, 1.807) is 30.3 Å². The summed E-state index contributed by atoms with van der Waals surface area (Å²) < 4.78 is 34.7. The van der Waals surface area contributed by atoms with E-state index in [0.717, 1.165) is 42.1 Å². The van der Waals surface area contributed by atoms with Crippen molar-refractivity contribution in [2.24, 2.45) is 0 Å². The molecule has 1 N–H and O–H groups in total. The minimum Gasteiger partial charge on any atom is -0.454 e. The van der Waals surface area contributed by atoms with Gasteiger partial charge < -0.3 is 4.74 Å². The molecule has 0 amide bonds. The van der Waals surface area contributed by atoms with Gasteiger partial charge in [0.05, 0.1) is 15.1 Å². The van der Waals surface area contributed by atoms with E-state index in [0.29, 0.717) is 20.6 Å². The number of aromatic nitrogens is 1. The highest BCUT2D eigenvalue weighted by Gasteiger charge is 2.21. The van der Waals surface area contributed by atoms with Crippen LogP contribution >= 0.6 is 34.7 Å². The first kappa shape index (κ1) is 21.4. The van der Waals surface area contributed by atoms with Crippen LogP contribution in [0, 0.1) is 0 Å². The standard InChI is InChI=1S/C20H19ClN2O4S3/c21-13-6-8-14(9-7-13)23-30(25,26)16-10-11-18-17(12-16)22-19(28-18)29-20(24)27-15-4-2-1-3-5-15/h6-12,15,23H,1-5H2. The van der Waals surface area contributed by atoms with Gasteiger partial charge in [0.2, 0.25) is 0 Å². The Balaban J connectivity index is 1.47. The number of fused-ring (bicyclic) bond motifs is 1. The van der Waals surface area contributed by atoms with Crippen molar-refractivity contribution in [1.29, 1.82) is 0 Å². The number of thiazole rings is 1. The van der Waals surface area contributed by atoms with E-state index in [4.69, 9.17) is 16.3 Å². The Labute approximate surface area is 188 Å². The number of hydrogen-bond donors (Lipinski definition) is 1. The third kappa shape index (κ3) is 5.26. The molecule has 1 fully saturated rings. The molecule has 6 nitrogen and oxygen atoms in total. The van der Waals surface area contributed by atoms with Gasteiger partial charge in [0.15, 0.2) is 4.34 Å². The molecule has 1 aliphatic rings. The number of thioether (sulfide) groups is 1. The highest BCUT2D eigenvalue weighted by molar-refractivity contribution is 8.14. The Bertz CT molecular complexity index is 1160. The fourth-order valence-corrected chi connectivity index (χ4v) is 6.24. The summed E-state index contributed by atoms with van der Waals surface area (Å²) in [7, 11) is -3.78. The highest BCUT2D eigenvalue weighted by Crippen LogP contribution is 2.33. The van der Waals surface area contributed by atoms with E-state index < -0.39 is 10.0 Å². The summed E-state index contributed by atoms with van der Waals surface area (Å²) in [5, 5.41) is 0.159.